The number of hydrogen-bond acceptors (Lipinski definition) is 3. The molecule has 1 saturated carbocycles. The molecule has 0 aromatic heterocycles. The Kier molecular flexibility index (Phi) is 1.75. The molecule has 0 unspecified atom stereocenters. The molecular weight excluding hydrogens is 250 g/mol. The van der Waals surface area contributed by atoms with Crippen molar-refractivity contribution in [2.24, 2.45) is 0 Å². The summed E-state index contributed by atoms with van der Waals surface area (Å²) in [5.41, 5.74) is 1.71. The molecule has 0 spiro atoms. The Bertz CT molecular complexity index is 641. The monoisotopic (exact) mass is 265 g/mol. The van der Waals surface area contributed by atoms with E-state index in [0.717, 1.165) is 17.7 Å². The highest BCUT2D eigenvalue weighted by atomic mass is 32.2. The van der Waals surface area contributed by atoms with Gasteiger partial charge in [0, 0.05) is 5.92 Å². The first-order chi connectivity index (χ1) is 8.43. The Morgan fingerprint density at radius 2 is 2.11 bits per heavy atom. The average Bonchev–Trinajstić information content (AvgIpc) is 2.68. The van der Waals surface area contributed by atoms with Gasteiger partial charge < -0.3 is 4.74 Å². The molecule has 4 atom stereocenters. The summed E-state index contributed by atoms with van der Waals surface area (Å²) in [6.07, 6.45) is 2.44. The summed E-state index contributed by atoms with van der Waals surface area (Å²) in [6, 6.07) is 7.76. The van der Waals surface area contributed by atoms with E-state index >= 15 is 0 Å². The number of nitrogens with zero attached hydrogens (tertiary/aromatic N) is 1. The quantitative estimate of drug-likeness (QED) is 0.723. The molecule has 2 heterocycles. The first-order valence-corrected chi connectivity index (χ1v) is 8.04. The van der Waals surface area contributed by atoms with Gasteiger partial charge in [0.15, 0.2) is 0 Å². The number of hydrogen-bond donors (Lipinski definition) is 0. The highest BCUT2D eigenvalue weighted by Gasteiger charge is 2.71. The fourth-order valence-corrected chi connectivity index (χ4v) is 5.10. The van der Waals surface area contributed by atoms with Gasteiger partial charge in [-0.05, 0) is 25.0 Å². The lowest BCUT2D eigenvalue weighted by molar-refractivity contribution is 0.233. The normalized spacial score (nSPS) is 40.3. The number of anilines is 1. The SMILES string of the molecule is C[C@@]12O[C@@H]1C[C@H]1c3ccccc3N(S(C)(=O)=O)[C@H]12. The van der Waals surface area contributed by atoms with Crippen LogP contribution in [0.4, 0.5) is 5.69 Å². The molecule has 4 rings (SSSR count). The van der Waals surface area contributed by atoms with E-state index in [2.05, 4.69) is 0 Å². The second kappa shape index (κ2) is 2.91. The number of rotatable bonds is 1. The fraction of sp³-hybridized carbons (Fsp3) is 0.538. The van der Waals surface area contributed by atoms with Crippen LogP contribution in [0, 0.1) is 0 Å². The number of fused-ring (bicyclic) bond motifs is 5. The minimum absolute atomic E-state index is 0.0603. The van der Waals surface area contributed by atoms with E-state index in [-0.39, 0.29) is 17.7 Å². The summed E-state index contributed by atoms with van der Waals surface area (Å²) in [4.78, 5) is 0. The molecule has 1 aromatic rings. The van der Waals surface area contributed by atoms with Gasteiger partial charge in [-0.25, -0.2) is 8.42 Å². The molecule has 1 aromatic carbocycles. The average molecular weight is 265 g/mol. The molecule has 96 valence electrons. The minimum Gasteiger partial charge on any atom is -0.364 e. The maximum Gasteiger partial charge on any atom is 0.232 e. The van der Waals surface area contributed by atoms with Crippen LogP contribution < -0.4 is 4.31 Å². The second-order valence-electron chi connectivity index (χ2n) is 5.70. The highest BCUT2D eigenvalue weighted by Crippen LogP contribution is 2.62. The van der Waals surface area contributed by atoms with Gasteiger partial charge in [-0.2, -0.15) is 0 Å². The standard InChI is InChI=1S/C13H15NO3S/c1-13-11(17-13)7-9-8-5-3-4-6-10(8)14(12(9)13)18(2,15)16/h3-6,9,11-12H,7H2,1-2H3/t9-,11+,12+,13+/m0/s1. The first kappa shape index (κ1) is 10.8. The third-order valence-electron chi connectivity index (χ3n) is 4.60. The van der Waals surface area contributed by atoms with Gasteiger partial charge in [-0.15, -0.1) is 0 Å². The van der Waals surface area contributed by atoms with Crippen LogP contribution >= 0.6 is 0 Å². The number of sulfonamides is 1. The van der Waals surface area contributed by atoms with Crippen LogP contribution in [0.5, 0.6) is 0 Å². The van der Waals surface area contributed by atoms with Crippen molar-refractivity contribution in [1.29, 1.82) is 0 Å². The Balaban J connectivity index is 1.95. The van der Waals surface area contributed by atoms with E-state index in [1.165, 1.54) is 6.26 Å². The first-order valence-electron chi connectivity index (χ1n) is 6.19. The lowest BCUT2D eigenvalue weighted by Crippen LogP contribution is -2.45. The third-order valence-corrected chi connectivity index (χ3v) is 5.74. The number of ether oxygens (including phenoxy) is 1. The molecular formula is C13H15NO3S. The predicted molar refractivity (Wildman–Crippen MR) is 68.2 cm³/mol. The van der Waals surface area contributed by atoms with Gasteiger partial charge in [0.05, 0.1) is 24.1 Å². The van der Waals surface area contributed by atoms with Crippen LogP contribution in [0.1, 0.15) is 24.8 Å². The number of para-hydroxylation sites is 1. The molecule has 1 aliphatic carbocycles. The Hall–Kier alpha value is -1.07. The van der Waals surface area contributed by atoms with E-state index < -0.39 is 10.0 Å². The van der Waals surface area contributed by atoms with E-state index in [1.54, 1.807) is 4.31 Å². The fourth-order valence-electron chi connectivity index (χ4n) is 3.80. The highest BCUT2D eigenvalue weighted by molar-refractivity contribution is 7.92. The smallest absolute Gasteiger partial charge is 0.232 e. The zero-order chi connectivity index (χ0) is 12.7. The maximum atomic E-state index is 12.1. The van der Waals surface area contributed by atoms with Crippen LogP contribution in [0.3, 0.4) is 0 Å². The van der Waals surface area contributed by atoms with E-state index in [4.69, 9.17) is 4.74 Å². The largest absolute Gasteiger partial charge is 0.364 e. The van der Waals surface area contributed by atoms with Crippen LogP contribution in [0.15, 0.2) is 24.3 Å². The summed E-state index contributed by atoms with van der Waals surface area (Å²) >= 11 is 0. The molecule has 0 amide bonds. The zero-order valence-electron chi connectivity index (χ0n) is 10.3. The summed E-state index contributed by atoms with van der Waals surface area (Å²) < 4.78 is 31.5. The van der Waals surface area contributed by atoms with Gasteiger partial charge in [0.25, 0.3) is 0 Å². The Morgan fingerprint density at radius 1 is 1.39 bits per heavy atom. The zero-order valence-corrected chi connectivity index (χ0v) is 11.1. The lowest BCUT2D eigenvalue weighted by Gasteiger charge is -2.28. The third kappa shape index (κ3) is 1.12. The summed E-state index contributed by atoms with van der Waals surface area (Å²) in [6.45, 7) is 2.03. The lowest BCUT2D eigenvalue weighted by atomic mass is 9.94. The van der Waals surface area contributed by atoms with E-state index in [9.17, 15) is 8.42 Å². The minimum atomic E-state index is -3.26. The van der Waals surface area contributed by atoms with Crippen molar-refractivity contribution >= 4 is 15.7 Å². The molecule has 2 fully saturated rings. The predicted octanol–water partition coefficient (Wildman–Crippen LogP) is 1.48. The van der Waals surface area contributed by atoms with Gasteiger partial charge in [0.1, 0.15) is 5.60 Å². The maximum absolute atomic E-state index is 12.1. The number of benzene rings is 1. The molecule has 0 radical (unpaired) electrons. The van der Waals surface area contributed by atoms with Crippen molar-refractivity contribution in [3.05, 3.63) is 29.8 Å². The summed E-state index contributed by atoms with van der Waals surface area (Å²) in [5.74, 6) is 0.291. The Labute approximate surface area is 107 Å². The van der Waals surface area contributed by atoms with Crippen molar-refractivity contribution < 1.29 is 13.2 Å². The van der Waals surface area contributed by atoms with Crippen molar-refractivity contribution in [2.45, 2.75) is 37.0 Å². The molecule has 0 N–H and O–H groups in total. The van der Waals surface area contributed by atoms with Crippen molar-refractivity contribution in [3.63, 3.8) is 0 Å². The second-order valence-corrected chi connectivity index (χ2v) is 7.55. The topological polar surface area (TPSA) is 49.9 Å². The van der Waals surface area contributed by atoms with Crippen LogP contribution in [0.25, 0.3) is 0 Å². The van der Waals surface area contributed by atoms with Gasteiger partial charge in [-0.1, -0.05) is 18.2 Å². The Morgan fingerprint density at radius 3 is 2.83 bits per heavy atom. The summed E-state index contributed by atoms with van der Waals surface area (Å²) in [5, 5.41) is 0. The molecule has 1 saturated heterocycles. The van der Waals surface area contributed by atoms with E-state index in [1.807, 2.05) is 31.2 Å². The summed E-state index contributed by atoms with van der Waals surface area (Å²) in [7, 11) is -3.26. The van der Waals surface area contributed by atoms with Gasteiger partial charge >= 0.3 is 0 Å². The van der Waals surface area contributed by atoms with Gasteiger partial charge in [-0.3, -0.25) is 4.31 Å². The van der Waals surface area contributed by atoms with Crippen molar-refractivity contribution in [1.82, 2.24) is 0 Å². The molecule has 18 heavy (non-hydrogen) atoms. The van der Waals surface area contributed by atoms with Crippen LogP contribution in [0.2, 0.25) is 0 Å². The molecule has 0 bridgehead atoms. The molecule has 3 aliphatic rings. The molecule has 4 nitrogen and oxygen atoms in total. The number of epoxide rings is 1. The van der Waals surface area contributed by atoms with Crippen LogP contribution in [-0.2, 0) is 14.8 Å². The van der Waals surface area contributed by atoms with Crippen molar-refractivity contribution in [2.75, 3.05) is 10.6 Å². The molecule has 5 heteroatoms. The van der Waals surface area contributed by atoms with Crippen molar-refractivity contribution in [3.8, 4) is 0 Å². The van der Waals surface area contributed by atoms with Gasteiger partial charge in [0.2, 0.25) is 10.0 Å². The van der Waals surface area contributed by atoms with Crippen LogP contribution in [-0.4, -0.2) is 32.4 Å². The van der Waals surface area contributed by atoms with E-state index in [0.29, 0.717) is 5.92 Å². The molecule has 2 aliphatic heterocycles.